The van der Waals surface area contributed by atoms with Gasteiger partial charge in [0.25, 0.3) is 5.91 Å². The van der Waals surface area contributed by atoms with Crippen LogP contribution in [0.1, 0.15) is 16.8 Å². The van der Waals surface area contributed by atoms with Gasteiger partial charge >= 0.3 is 5.97 Å². The summed E-state index contributed by atoms with van der Waals surface area (Å²) in [5.41, 5.74) is 0.173. The van der Waals surface area contributed by atoms with Gasteiger partial charge in [0, 0.05) is 38.4 Å². The van der Waals surface area contributed by atoms with Crippen molar-refractivity contribution in [1.29, 1.82) is 0 Å². The highest BCUT2D eigenvalue weighted by atomic mass is 35.5. The average molecular weight is 338 g/mol. The van der Waals surface area contributed by atoms with Gasteiger partial charge < -0.3 is 10.4 Å². The Morgan fingerprint density at radius 2 is 1.85 bits per heavy atom. The second-order valence-electron chi connectivity index (χ2n) is 4.09. The molecule has 1 rings (SSSR count). The Morgan fingerprint density at radius 3 is 2.30 bits per heavy atom. The molecule has 0 aliphatic heterocycles. The van der Waals surface area contributed by atoms with Gasteiger partial charge in [-0.25, -0.2) is 4.79 Å². The minimum Gasteiger partial charge on any atom is -0.480 e. The molecule has 110 valence electrons. The molecule has 5 nitrogen and oxygen atoms in total. The number of benzene rings is 1. The highest BCUT2D eigenvalue weighted by Gasteiger charge is 2.21. The van der Waals surface area contributed by atoms with Gasteiger partial charge in [0.1, 0.15) is 6.04 Å². The molecule has 1 aromatic carbocycles. The summed E-state index contributed by atoms with van der Waals surface area (Å²) in [6, 6.07) is 3.14. The van der Waals surface area contributed by atoms with Gasteiger partial charge in [-0.05, 0) is 24.6 Å². The van der Waals surface area contributed by atoms with Crippen LogP contribution < -0.4 is 5.32 Å². The molecule has 0 spiro atoms. The molecule has 2 unspecified atom stereocenters. The molecule has 0 saturated carbocycles. The van der Waals surface area contributed by atoms with E-state index in [-0.39, 0.29) is 27.8 Å². The molecule has 8 heteroatoms. The second kappa shape index (κ2) is 7.61. The summed E-state index contributed by atoms with van der Waals surface area (Å²) >= 11 is 11.6. The molecule has 2 atom stereocenters. The van der Waals surface area contributed by atoms with Gasteiger partial charge in [0.2, 0.25) is 0 Å². The molecule has 1 aromatic rings. The highest BCUT2D eigenvalue weighted by Crippen LogP contribution is 2.19. The Kier molecular flexibility index (Phi) is 6.45. The van der Waals surface area contributed by atoms with E-state index < -0.39 is 28.7 Å². The molecule has 20 heavy (non-hydrogen) atoms. The monoisotopic (exact) mass is 337 g/mol. The molecular weight excluding hydrogens is 325 g/mol. The number of carboxylic acids is 1. The number of nitrogens with one attached hydrogen (secondary N) is 1. The van der Waals surface area contributed by atoms with Gasteiger partial charge in [-0.2, -0.15) is 0 Å². The number of amides is 1. The average Bonchev–Trinajstić information content (AvgIpc) is 2.32. The zero-order chi connectivity index (χ0) is 15.3. The van der Waals surface area contributed by atoms with Gasteiger partial charge in [0.05, 0.1) is 0 Å². The zero-order valence-corrected chi connectivity index (χ0v) is 12.9. The first-order valence-electron chi connectivity index (χ1n) is 5.59. The number of carbonyl (C=O) groups excluding carboxylic acids is 1. The Bertz CT molecular complexity index is 530. The van der Waals surface area contributed by atoms with Crippen molar-refractivity contribution < 1.29 is 18.9 Å². The van der Waals surface area contributed by atoms with Crippen molar-refractivity contribution in [3.63, 3.8) is 0 Å². The van der Waals surface area contributed by atoms with Crippen molar-refractivity contribution in [3.05, 3.63) is 33.8 Å². The number of carboxylic acid groups (broad SMARTS) is 1. The minimum atomic E-state index is -1.18. The Balaban J connectivity index is 2.79. The summed E-state index contributed by atoms with van der Waals surface area (Å²) in [4.78, 5) is 23.0. The number of halogens is 2. The van der Waals surface area contributed by atoms with Crippen LogP contribution in [0.3, 0.4) is 0 Å². The van der Waals surface area contributed by atoms with Crippen molar-refractivity contribution in [1.82, 2.24) is 5.32 Å². The van der Waals surface area contributed by atoms with Gasteiger partial charge in [-0.15, -0.1) is 0 Å². The van der Waals surface area contributed by atoms with Gasteiger partial charge in [0.15, 0.2) is 0 Å². The molecule has 0 aliphatic rings. The van der Waals surface area contributed by atoms with Crippen molar-refractivity contribution in [2.24, 2.45) is 0 Å². The summed E-state index contributed by atoms with van der Waals surface area (Å²) in [7, 11) is -1.13. The number of rotatable bonds is 6. The molecule has 0 aromatic heterocycles. The third kappa shape index (κ3) is 5.48. The second-order valence-corrected chi connectivity index (χ2v) is 6.52. The van der Waals surface area contributed by atoms with Crippen LogP contribution in [0, 0.1) is 0 Å². The first kappa shape index (κ1) is 16.9. The standard InChI is InChI=1S/C12H13Cl2NO4S/c1-20(19)3-2-10(12(17)18)15-11(16)7-4-8(13)6-9(14)5-7/h4-6,10H,2-3H2,1H3,(H,15,16)(H,17,18). The fourth-order valence-electron chi connectivity index (χ4n) is 1.47. The van der Waals surface area contributed by atoms with Crippen LogP contribution >= 0.6 is 23.2 Å². The van der Waals surface area contributed by atoms with Gasteiger partial charge in [-0.3, -0.25) is 9.00 Å². The first-order valence-corrected chi connectivity index (χ1v) is 8.07. The van der Waals surface area contributed by atoms with E-state index in [9.17, 15) is 13.8 Å². The van der Waals surface area contributed by atoms with Crippen LogP contribution in [0.15, 0.2) is 18.2 Å². The first-order chi connectivity index (χ1) is 9.29. The molecule has 0 fully saturated rings. The molecule has 0 radical (unpaired) electrons. The van der Waals surface area contributed by atoms with E-state index >= 15 is 0 Å². The highest BCUT2D eigenvalue weighted by molar-refractivity contribution is 7.84. The topological polar surface area (TPSA) is 83.5 Å². The summed E-state index contributed by atoms with van der Waals surface area (Å²) in [6.07, 6.45) is 1.55. The van der Waals surface area contributed by atoms with E-state index in [1.165, 1.54) is 24.5 Å². The van der Waals surface area contributed by atoms with Crippen LogP contribution in [0.2, 0.25) is 10.0 Å². The van der Waals surface area contributed by atoms with E-state index in [0.717, 1.165) is 0 Å². The van der Waals surface area contributed by atoms with Crippen LogP contribution in [0.4, 0.5) is 0 Å². The SMILES string of the molecule is CS(=O)CCC(NC(=O)c1cc(Cl)cc(Cl)c1)C(=O)O. The molecule has 0 aliphatic carbocycles. The predicted molar refractivity (Wildman–Crippen MR) is 78.9 cm³/mol. The molecular formula is C12H13Cl2NO4S. The van der Waals surface area contributed by atoms with Crippen molar-refractivity contribution in [2.75, 3.05) is 12.0 Å². The Morgan fingerprint density at radius 1 is 1.30 bits per heavy atom. The molecule has 2 N–H and O–H groups in total. The molecule has 1 amide bonds. The zero-order valence-electron chi connectivity index (χ0n) is 10.6. The maximum absolute atomic E-state index is 11.9. The third-order valence-electron chi connectivity index (χ3n) is 2.42. The summed E-state index contributed by atoms with van der Waals surface area (Å²) in [5, 5.41) is 11.9. The Labute approximate surface area is 128 Å². The largest absolute Gasteiger partial charge is 0.480 e. The smallest absolute Gasteiger partial charge is 0.326 e. The number of hydrogen-bond donors (Lipinski definition) is 2. The van der Waals surface area contributed by atoms with Crippen LogP contribution in [0.25, 0.3) is 0 Å². The van der Waals surface area contributed by atoms with E-state index in [4.69, 9.17) is 28.3 Å². The van der Waals surface area contributed by atoms with E-state index in [2.05, 4.69) is 5.32 Å². The van der Waals surface area contributed by atoms with Crippen molar-refractivity contribution in [2.45, 2.75) is 12.5 Å². The number of aliphatic carboxylic acids is 1. The quantitative estimate of drug-likeness (QED) is 0.830. The lowest BCUT2D eigenvalue weighted by molar-refractivity contribution is -0.139. The summed E-state index contributed by atoms with van der Waals surface area (Å²) in [5.74, 6) is -1.59. The lowest BCUT2D eigenvalue weighted by Gasteiger charge is -2.14. The minimum absolute atomic E-state index is 0.0818. The number of carbonyl (C=O) groups is 2. The summed E-state index contributed by atoms with van der Waals surface area (Å²) < 4.78 is 11.0. The predicted octanol–water partition coefficient (Wildman–Crippen LogP) is 1.94. The summed E-state index contributed by atoms with van der Waals surface area (Å²) in [6.45, 7) is 0. The van der Waals surface area contributed by atoms with E-state index in [1.807, 2.05) is 0 Å². The Hall–Kier alpha value is -1.11. The normalized spacial score (nSPS) is 13.6. The van der Waals surface area contributed by atoms with Crippen LogP contribution in [0.5, 0.6) is 0 Å². The molecule has 0 bridgehead atoms. The lowest BCUT2D eigenvalue weighted by Crippen LogP contribution is -2.41. The van der Waals surface area contributed by atoms with Crippen LogP contribution in [-0.2, 0) is 15.6 Å². The fourth-order valence-corrected chi connectivity index (χ4v) is 2.56. The number of hydrogen-bond acceptors (Lipinski definition) is 3. The van der Waals surface area contributed by atoms with E-state index in [1.54, 1.807) is 0 Å². The molecule has 0 saturated heterocycles. The van der Waals surface area contributed by atoms with E-state index in [0.29, 0.717) is 0 Å². The maximum Gasteiger partial charge on any atom is 0.326 e. The molecule has 0 heterocycles. The van der Waals surface area contributed by atoms with Crippen molar-refractivity contribution >= 4 is 45.9 Å². The van der Waals surface area contributed by atoms with Crippen LogP contribution in [-0.4, -0.2) is 39.2 Å². The van der Waals surface area contributed by atoms with Crippen molar-refractivity contribution in [3.8, 4) is 0 Å². The maximum atomic E-state index is 11.9. The fraction of sp³-hybridized carbons (Fsp3) is 0.333. The van der Waals surface area contributed by atoms with Gasteiger partial charge in [-0.1, -0.05) is 23.2 Å². The lowest BCUT2D eigenvalue weighted by atomic mass is 10.1. The third-order valence-corrected chi connectivity index (χ3v) is 3.67.